The van der Waals surface area contributed by atoms with Crippen molar-refractivity contribution in [2.24, 2.45) is 0 Å². The highest BCUT2D eigenvalue weighted by Crippen LogP contribution is 1.93. The quantitative estimate of drug-likeness (QED) is 0.318. The van der Waals surface area contributed by atoms with Crippen molar-refractivity contribution in [1.82, 2.24) is 0 Å². The molecular weight excluding hydrogens is 140 g/mol. The van der Waals surface area contributed by atoms with E-state index < -0.39 is 0 Å². The predicted octanol–water partition coefficient (Wildman–Crippen LogP) is 1.80. The first kappa shape index (κ1) is 10.5. The van der Waals surface area contributed by atoms with Crippen LogP contribution in [0.15, 0.2) is 0 Å². The van der Waals surface area contributed by atoms with E-state index in [1.54, 1.807) is 0 Å². The Balaban J connectivity index is 2.75. The second-order valence-corrected chi connectivity index (χ2v) is 2.29. The Morgan fingerprint density at radius 1 is 1.27 bits per heavy atom. The molecule has 2 heteroatoms. The van der Waals surface area contributed by atoms with Crippen molar-refractivity contribution >= 4 is 0 Å². The first-order valence-electron chi connectivity index (χ1n) is 4.00. The van der Waals surface area contributed by atoms with E-state index in [2.05, 4.69) is 12.8 Å². The largest absolute Gasteiger partial charge is 0.355 e. The summed E-state index contributed by atoms with van der Waals surface area (Å²) in [5.74, 6) is 2.37. The lowest BCUT2D eigenvalue weighted by Gasteiger charge is -2.01. The minimum absolute atomic E-state index is 0.327. The van der Waals surface area contributed by atoms with Crippen LogP contribution in [0, 0.1) is 12.3 Å². The number of hydrogen-bond donors (Lipinski definition) is 0. The summed E-state index contributed by atoms with van der Waals surface area (Å²) in [7, 11) is 0. The molecule has 0 aliphatic heterocycles. The summed E-state index contributed by atoms with van der Waals surface area (Å²) in [6.45, 7) is 3.61. The Bertz CT molecular complexity index is 105. The van der Waals surface area contributed by atoms with E-state index in [0.29, 0.717) is 13.4 Å². The van der Waals surface area contributed by atoms with Gasteiger partial charge in [0.05, 0.1) is 0 Å². The van der Waals surface area contributed by atoms with E-state index in [1.807, 2.05) is 0 Å². The third-order valence-electron chi connectivity index (χ3n) is 1.24. The SMILES string of the molecule is C#CCOCOCCCCC. The normalized spacial score (nSPS) is 9.45. The van der Waals surface area contributed by atoms with Crippen LogP contribution < -0.4 is 0 Å². The molecule has 0 amide bonds. The highest BCUT2D eigenvalue weighted by Gasteiger charge is 1.86. The average Bonchev–Trinajstić information content (AvgIpc) is 2.03. The maximum absolute atomic E-state index is 5.12. The molecule has 64 valence electrons. The zero-order valence-electron chi connectivity index (χ0n) is 7.14. The van der Waals surface area contributed by atoms with Gasteiger partial charge in [-0.1, -0.05) is 25.7 Å². The van der Waals surface area contributed by atoms with Crippen LogP contribution in [0.2, 0.25) is 0 Å². The smallest absolute Gasteiger partial charge is 0.148 e. The Kier molecular flexibility index (Phi) is 9.03. The third kappa shape index (κ3) is 9.48. The topological polar surface area (TPSA) is 18.5 Å². The second-order valence-electron chi connectivity index (χ2n) is 2.29. The molecule has 0 N–H and O–H groups in total. The van der Waals surface area contributed by atoms with Gasteiger partial charge in [0, 0.05) is 6.61 Å². The number of rotatable bonds is 7. The number of hydrogen-bond acceptors (Lipinski definition) is 2. The summed E-state index contributed by atoms with van der Waals surface area (Å²) in [5.41, 5.74) is 0. The minimum atomic E-state index is 0.327. The van der Waals surface area contributed by atoms with E-state index in [4.69, 9.17) is 15.9 Å². The molecule has 11 heavy (non-hydrogen) atoms. The molecule has 0 atom stereocenters. The standard InChI is InChI=1S/C9H16O2/c1-3-5-6-8-11-9-10-7-4-2/h2H,3,5-9H2,1H3. The molecule has 0 spiro atoms. The number of unbranched alkanes of at least 4 members (excludes halogenated alkanes) is 2. The lowest BCUT2D eigenvalue weighted by atomic mass is 10.3. The number of ether oxygens (including phenoxy) is 2. The average molecular weight is 156 g/mol. The highest BCUT2D eigenvalue weighted by molar-refractivity contribution is 4.82. The molecule has 2 nitrogen and oxygen atoms in total. The van der Waals surface area contributed by atoms with Crippen LogP contribution in [0.1, 0.15) is 26.2 Å². The monoisotopic (exact) mass is 156 g/mol. The van der Waals surface area contributed by atoms with Crippen molar-refractivity contribution in [2.45, 2.75) is 26.2 Å². The fraction of sp³-hybridized carbons (Fsp3) is 0.778. The Hall–Kier alpha value is -0.520. The molecule has 0 aromatic carbocycles. The van der Waals surface area contributed by atoms with E-state index in [-0.39, 0.29) is 0 Å². The van der Waals surface area contributed by atoms with Gasteiger partial charge >= 0.3 is 0 Å². The van der Waals surface area contributed by atoms with Gasteiger partial charge in [-0.15, -0.1) is 6.42 Å². The lowest BCUT2D eigenvalue weighted by Crippen LogP contribution is -2.01. The summed E-state index contributed by atoms with van der Waals surface area (Å²) in [4.78, 5) is 0. The van der Waals surface area contributed by atoms with Gasteiger partial charge in [0.25, 0.3) is 0 Å². The van der Waals surface area contributed by atoms with Crippen molar-refractivity contribution in [3.8, 4) is 12.3 Å². The molecule has 0 aliphatic carbocycles. The summed E-state index contributed by atoms with van der Waals surface area (Å²) in [6, 6.07) is 0. The summed E-state index contributed by atoms with van der Waals surface area (Å²) in [6.07, 6.45) is 8.50. The van der Waals surface area contributed by atoms with Crippen LogP contribution in [0.3, 0.4) is 0 Å². The van der Waals surface area contributed by atoms with E-state index >= 15 is 0 Å². The van der Waals surface area contributed by atoms with E-state index in [0.717, 1.165) is 13.0 Å². The first-order valence-corrected chi connectivity index (χ1v) is 4.00. The molecule has 0 bridgehead atoms. The van der Waals surface area contributed by atoms with E-state index in [9.17, 15) is 0 Å². The van der Waals surface area contributed by atoms with Gasteiger partial charge in [-0.25, -0.2) is 0 Å². The van der Waals surface area contributed by atoms with Crippen LogP contribution in [0.25, 0.3) is 0 Å². The highest BCUT2D eigenvalue weighted by atomic mass is 16.7. The van der Waals surface area contributed by atoms with Gasteiger partial charge in [-0.2, -0.15) is 0 Å². The molecule has 0 fully saturated rings. The van der Waals surface area contributed by atoms with Crippen molar-refractivity contribution in [3.05, 3.63) is 0 Å². The van der Waals surface area contributed by atoms with Crippen molar-refractivity contribution < 1.29 is 9.47 Å². The Morgan fingerprint density at radius 2 is 2.09 bits per heavy atom. The van der Waals surface area contributed by atoms with Gasteiger partial charge in [-0.05, 0) is 6.42 Å². The second kappa shape index (κ2) is 9.48. The first-order chi connectivity index (χ1) is 5.41. The zero-order valence-corrected chi connectivity index (χ0v) is 7.14. The van der Waals surface area contributed by atoms with Crippen molar-refractivity contribution in [3.63, 3.8) is 0 Å². The van der Waals surface area contributed by atoms with Crippen molar-refractivity contribution in [2.75, 3.05) is 20.0 Å². The lowest BCUT2D eigenvalue weighted by molar-refractivity contribution is -0.0430. The van der Waals surface area contributed by atoms with E-state index in [1.165, 1.54) is 12.8 Å². The predicted molar refractivity (Wildman–Crippen MR) is 45.1 cm³/mol. The maximum Gasteiger partial charge on any atom is 0.148 e. The molecule has 0 unspecified atom stereocenters. The molecular formula is C9H16O2. The van der Waals surface area contributed by atoms with Crippen LogP contribution in [0.5, 0.6) is 0 Å². The molecule has 0 rings (SSSR count). The molecule has 0 heterocycles. The summed E-state index contributed by atoms with van der Waals surface area (Å²) < 4.78 is 10.0. The van der Waals surface area contributed by atoms with Gasteiger partial charge < -0.3 is 9.47 Å². The fourth-order valence-electron chi connectivity index (χ4n) is 0.673. The van der Waals surface area contributed by atoms with Crippen LogP contribution in [-0.4, -0.2) is 20.0 Å². The maximum atomic E-state index is 5.12. The van der Waals surface area contributed by atoms with Crippen molar-refractivity contribution in [1.29, 1.82) is 0 Å². The zero-order chi connectivity index (χ0) is 8.36. The van der Waals surface area contributed by atoms with Gasteiger partial charge in [0.1, 0.15) is 13.4 Å². The van der Waals surface area contributed by atoms with Crippen LogP contribution in [-0.2, 0) is 9.47 Å². The van der Waals surface area contributed by atoms with Gasteiger partial charge in [0.15, 0.2) is 0 Å². The molecule has 0 saturated heterocycles. The molecule has 0 saturated carbocycles. The molecule has 0 aliphatic rings. The summed E-state index contributed by atoms with van der Waals surface area (Å²) >= 11 is 0. The molecule has 0 aromatic rings. The van der Waals surface area contributed by atoms with Crippen LogP contribution in [0.4, 0.5) is 0 Å². The Morgan fingerprint density at radius 3 is 2.73 bits per heavy atom. The third-order valence-corrected chi connectivity index (χ3v) is 1.24. The number of terminal acetylenes is 1. The summed E-state index contributed by atoms with van der Waals surface area (Å²) in [5, 5.41) is 0. The van der Waals surface area contributed by atoms with Gasteiger partial charge in [-0.3, -0.25) is 0 Å². The molecule has 0 aromatic heterocycles. The molecule has 0 radical (unpaired) electrons. The Labute approximate surface area is 68.9 Å². The minimum Gasteiger partial charge on any atom is -0.355 e. The fourth-order valence-corrected chi connectivity index (χ4v) is 0.673. The van der Waals surface area contributed by atoms with Gasteiger partial charge in [0.2, 0.25) is 0 Å². The van der Waals surface area contributed by atoms with Crippen LogP contribution >= 0.6 is 0 Å².